The summed E-state index contributed by atoms with van der Waals surface area (Å²) in [7, 11) is 0. The smallest absolute Gasteiger partial charge is 0.325 e. The van der Waals surface area contributed by atoms with Crippen molar-refractivity contribution >= 4 is 23.2 Å². The number of ether oxygens (including phenoxy) is 1. The molecule has 1 fully saturated rings. The van der Waals surface area contributed by atoms with Gasteiger partial charge in [-0.3, -0.25) is 24.1 Å². The molecule has 1 aromatic carbocycles. The molecule has 0 bridgehead atoms. The number of aromatic nitrogens is 4. The lowest BCUT2D eigenvalue weighted by atomic mass is 9.88. The Balaban J connectivity index is 1.60. The molecule has 0 amide bonds. The molecule has 11 heteroatoms. The molecule has 8 nitrogen and oxygen atoms in total. The van der Waals surface area contributed by atoms with Crippen molar-refractivity contribution in [3.63, 3.8) is 0 Å². The number of hydrogen-bond donors (Lipinski definition) is 2. The zero-order valence-corrected chi connectivity index (χ0v) is 24.8. The van der Waals surface area contributed by atoms with Gasteiger partial charge in [0.25, 0.3) is 11.1 Å². The zero-order chi connectivity index (χ0) is 30.5. The minimum atomic E-state index is -0.778. The van der Waals surface area contributed by atoms with E-state index in [1.165, 1.54) is 47.8 Å². The topological polar surface area (TPSA) is 110 Å². The molecule has 0 radical (unpaired) electrons. The normalized spacial score (nSPS) is 14.6. The van der Waals surface area contributed by atoms with Crippen LogP contribution in [0, 0.1) is 11.7 Å². The highest BCUT2D eigenvalue weighted by Gasteiger charge is 2.19. The number of benzene rings is 1. The fourth-order valence-electron chi connectivity index (χ4n) is 5.20. The van der Waals surface area contributed by atoms with E-state index in [2.05, 4.69) is 21.0 Å². The Morgan fingerprint density at radius 1 is 1.14 bits per heavy atom. The molecule has 3 aromatic heterocycles. The second kappa shape index (κ2) is 13.4. The van der Waals surface area contributed by atoms with E-state index < -0.39 is 22.6 Å². The van der Waals surface area contributed by atoms with Gasteiger partial charge in [0.1, 0.15) is 6.61 Å². The van der Waals surface area contributed by atoms with Crippen molar-refractivity contribution in [2.45, 2.75) is 39.0 Å². The van der Waals surface area contributed by atoms with Gasteiger partial charge in [0.15, 0.2) is 11.6 Å². The minimum absolute atomic E-state index is 0.00306. The van der Waals surface area contributed by atoms with Crippen molar-refractivity contribution in [2.75, 3.05) is 6.61 Å². The van der Waals surface area contributed by atoms with Gasteiger partial charge in [-0.1, -0.05) is 54.6 Å². The van der Waals surface area contributed by atoms with Crippen LogP contribution in [-0.2, 0) is 0 Å². The average molecular weight is 624 g/mol. The summed E-state index contributed by atoms with van der Waals surface area (Å²) < 4.78 is 22.5. The van der Waals surface area contributed by atoms with Gasteiger partial charge in [0.05, 0.1) is 22.5 Å². The fraction of sp³-hybridized carbons (Fsp3) is 0.250. The third-order valence-electron chi connectivity index (χ3n) is 7.41. The number of rotatable bonds is 8. The minimum Gasteiger partial charge on any atom is -0.486 e. The summed E-state index contributed by atoms with van der Waals surface area (Å²) in [4.78, 5) is 46.8. The fourth-order valence-corrected chi connectivity index (χ4v) is 5.52. The molecule has 222 valence electrons. The van der Waals surface area contributed by atoms with Crippen molar-refractivity contribution < 1.29 is 9.13 Å². The van der Waals surface area contributed by atoms with Crippen LogP contribution in [0.15, 0.2) is 92.3 Å². The first-order valence-corrected chi connectivity index (χ1v) is 14.7. The Hall–Kier alpha value is -4.21. The maximum atomic E-state index is 15.3. The van der Waals surface area contributed by atoms with E-state index in [0.717, 1.165) is 31.3 Å². The maximum Gasteiger partial charge on any atom is 0.325 e. The van der Waals surface area contributed by atoms with E-state index in [4.69, 9.17) is 27.9 Å². The molecule has 0 aliphatic heterocycles. The number of halogens is 3. The Labute approximate surface area is 256 Å². The number of hydrogen-bond acceptors (Lipinski definition) is 5. The van der Waals surface area contributed by atoms with Crippen molar-refractivity contribution in [3.05, 3.63) is 120 Å². The van der Waals surface area contributed by atoms with Crippen LogP contribution < -0.4 is 21.5 Å². The Bertz CT molecular complexity index is 1870. The molecule has 0 saturated heterocycles. The predicted octanol–water partition coefficient (Wildman–Crippen LogP) is 6.76. The van der Waals surface area contributed by atoms with Gasteiger partial charge in [-0.05, 0) is 61.6 Å². The van der Waals surface area contributed by atoms with Crippen molar-refractivity contribution in [1.29, 1.82) is 0 Å². The molecule has 0 atom stereocenters. The quantitative estimate of drug-likeness (QED) is 0.211. The van der Waals surface area contributed by atoms with Crippen LogP contribution in [0.4, 0.5) is 4.39 Å². The van der Waals surface area contributed by atoms with Crippen molar-refractivity contribution in [2.24, 2.45) is 5.92 Å². The summed E-state index contributed by atoms with van der Waals surface area (Å²) in [5.41, 5.74) is 0.195. The van der Waals surface area contributed by atoms with Gasteiger partial charge in [-0.15, -0.1) is 0 Å². The molecule has 5 rings (SSSR count). The monoisotopic (exact) mass is 622 g/mol. The van der Waals surface area contributed by atoms with Gasteiger partial charge in [-0.2, -0.15) is 0 Å². The number of allylic oxidation sites excluding steroid dienone is 2. The number of nitrogens with one attached hydrogen (secondary N) is 2. The van der Waals surface area contributed by atoms with E-state index >= 15 is 4.39 Å². The zero-order valence-electron chi connectivity index (χ0n) is 23.3. The van der Waals surface area contributed by atoms with Gasteiger partial charge in [-0.25, -0.2) is 9.18 Å². The number of aromatic amines is 2. The van der Waals surface area contributed by atoms with E-state index in [9.17, 15) is 14.4 Å². The van der Waals surface area contributed by atoms with Crippen LogP contribution >= 0.6 is 23.2 Å². The molecule has 2 N–H and O–H groups in total. The van der Waals surface area contributed by atoms with E-state index in [1.807, 2.05) is 6.92 Å². The number of pyridine rings is 2. The van der Waals surface area contributed by atoms with Gasteiger partial charge in [0, 0.05) is 40.3 Å². The maximum absolute atomic E-state index is 15.3. The summed E-state index contributed by atoms with van der Waals surface area (Å²) in [6, 6.07) is 7.55. The van der Waals surface area contributed by atoms with Crippen LogP contribution in [0.25, 0.3) is 27.9 Å². The second-order valence-corrected chi connectivity index (χ2v) is 11.1. The van der Waals surface area contributed by atoms with Crippen LogP contribution in [0.1, 0.15) is 39.0 Å². The summed E-state index contributed by atoms with van der Waals surface area (Å²) in [5, 5.41) is 0.272. The molecular formula is C32H29Cl2FN4O4. The Morgan fingerprint density at radius 3 is 2.63 bits per heavy atom. The van der Waals surface area contributed by atoms with E-state index in [0.29, 0.717) is 22.2 Å². The number of nitrogens with zero attached hydrogens (tertiary/aromatic N) is 2. The molecule has 43 heavy (non-hydrogen) atoms. The third kappa shape index (κ3) is 6.89. The second-order valence-electron chi connectivity index (χ2n) is 10.3. The van der Waals surface area contributed by atoms with Crippen molar-refractivity contribution in [1.82, 2.24) is 19.5 Å². The summed E-state index contributed by atoms with van der Waals surface area (Å²) in [5.74, 6) is -0.567. The van der Waals surface area contributed by atoms with Gasteiger partial charge >= 0.3 is 5.69 Å². The Kier molecular flexibility index (Phi) is 9.43. The summed E-state index contributed by atoms with van der Waals surface area (Å²) in [6.45, 7) is 1.83. The van der Waals surface area contributed by atoms with Crippen molar-refractivity contribution in [3.8, 4) is 33.7 Å². The highest BCUT2D eigenvalue weighted by Crippen LogP contribution is 2.34. The number of H-pyrrole nitrogens is 2. The molecular weight excluding hydrogens is 594 g/mol. The molecule has 3 heterocycles. The molecule has 0 unspecified atom stereocenters. The van der Waals surface area contributed by atoms with Crippen LogP contribution in [-0.4, -0.2) is 26.1 Å². The summed E-state index contributed by atoms with van der Waals surface area (Å²) in [6.07, 6.45) is 15.3. The molecule has 0 spiro atoms. The van der Waals surface area contributed by atoms with Crippen LogP contribution in [0.5, 0.6) is 5.75 Å². The standard InChI is InChI=1S/C32H29Cl2FN4O4/c1-2-26(33)22(11-19-7-4-3-5-8-19)18-43-28-14-20(13-27(34)29(28)35)24-12-21(25-16-37-32(42)38-30(25)40)17-39(31(24)41)23-9-6-10-36-15-23/h2,6,9-17,19H,3-5,7-8,18H2,1H3,(H2,37,38,40,42)/b22-11-,26-2+. The molecule has 1 saturated carbocycles. The molecule has 1 aliphatic carbocycles. The lowest BCUT2D eigenvalue weighted by Gasteiger charge is -2.20. The SMILES string of the molecule is C/C=C(Cl)\C(=C/C1CCCCC1)COc1cc(-c2cc(-c3c[nH]c(=O)[nH]c3=O)cn(-c3cccnc3)c2=O)cc(Cl)c1F. The summed E-state index contributed by atoms with van der Waals surface area (Å²) >= 11 is 12.8. The van der Waals surface area contributed by atoms with E-state index in [-0.39, 0.29) is 34.1 Å². The highest BCUT2D eigenvalue weighted by molar-refractivity contribution is 6.32. The lowest BCUT2D eigenvalue weighted by Crippen LogP contribution is -2.24. The van der Waals surface area contributed by atoms with Crippen LogP contribution in [0.2, 0.25) is 5.02 Å². The molecule has 1 aliphatic rings. The van der Waals surface area contributed by atoms with Gasteiger partial charge in [0.2, 0.25) is 0 Å². The third-order valence-corrected chi connectivity index (χ3v) is 8.14. The first kappa shape index (κ1) is 30.3. The lowest BCUT2D eigenvalue weighted by molar-refractivity contribution is 0.332. The first-order valence-electron chi connectivity index (χ1n) is 13.9. The average Bonchev–Trinajstić information content (AvgIpc) is 3.02. The van der Waals surface area contributed by atoms with Crippen LogP contribution in [0.3, 0.4) is 0 Å². The highest BCUT2D eigenvalue weighted by atomic mass is 35.5. The predicted molar refractivity (Wildman–Crippen MR) is 167 cm³/mol. The first-order chi connectivity index (χ1) is 20.7. The molecule has 4 aromatic rings. The van der Waals surface area contributed by atoms with E-state index in [1.54, 1.807) is 24.4 Å². The Morgan fingerprint density at radius 2 is 1.93 bits per heavy atom. The largest absolute Gasteiger partial charge is 0.486 e. The van der Waals surface area contributed by atoms with Gasteiger partial charge < -0.3 is 9.72 Å².